The second kappa shape index (κ2) is 59.8. The number of aryl methyl sites for hydroxylation is 3. The lowest BCUT2D eigenvalue weighted by atomic mass is 9.46. The van der Waals surface area contributed by atoms with Crippen molar-refractivity contribution in [3.05, 3.63) is 177 Å². The van der Waals surface area contributed by atoms with Crippen molar-refractivity contribution in [2.45, 2.75) is 394 Å². The summed E-state index contributed by atoms with van der Waals surface area (Å²) in [4.78, 5) is 35.3. The van der Waals surface area contributed by atoms with Crippen LogP contribution in [0.2, 0.25) is 0 Å². The van der Waals surface area contributed by atoms with Crippen LogP contribution in [0.3, 0.4) is 0 Å². The van der Waals surface area contributed by atoms with Gasteiger partial charge in [0.15, 0.2) is 13.2 Å². The van der Waals surface area contributed by atoms with Gasteiger partial charge in [-0.05, 0) is 340 Å². The average Bonchev–Trinajstić information content (AvgIpc) is 1.48. The van der Waals surface area contributed by atoms with E-state index in [9.17, 15) is 24.9 Å². The van der Waals surface area contributed by atoms with Gasteiger partial charge in [-0.15, -0.1) is 0 Å². The third-order valence-electron chi connectivity index (χ3n) is 34.9. The zero-order chi connectivity index (χ0) is 101. The quantitative estimate of drug-likeness (QED) is 0.00739. The van der Waals surface area contributed by atoms with Gasteiger partial charge >= 0.3 is 11.9 Å². The van der Waals surface area contributed by atoms with E-state index in [1.54, 1.807) is 55.3 Å². The number of hydrazone groups is 1. The third kappa shape index (κ3) is 34.5. The molecule has 14 nitrogen and oxygen atoms in total. The van der Waals surface area contributed by atoms with Crippen molar-refractivity contribution in [2.75, 3.05) is 47.3 Å². The molecule has 5 aromatic rings. The fraction of sp³-hybridized carbons (Fsp3) is 0.656. The molecule has 0 bridgehead atoms. The number of unbranched alkanes of at least 4 members (excludes halogenated alkanes) is 18. The number of amides is 1. The van der Waals surface area contributed by atoms with E-state index in [0.29, 0.717) is 57.5 Å². The maximum Gasteiger partial charge on any atom is 0.343 e. The van der Waals surface area contributed by atoms with Crippen molar-refractivity contribution in [1.82, 2.24) is 5.43 Å². The first-order chi connectivity index (χ1) is 68.0. The molecule has 0 unspecified atom stereocenters. The van der Waals surface area contributed by atoms with Gasteiger partial charge in [0.2, 0.25) is 0 Å². The molecule has 6 saturated carbocycles. The van der Waals surface area contributed by atoms with Crippen LogP contribution in [0, 0.1) is 142 Å². The molecule has 0 aromatic heterocycles. The van der Waals surface area contributed by atoms with Gasteiger partial charge in [0.1, 0.15) is 35.7 Å². The molecule has 782 valence electrons. The number of rotatable bonds is 49. The second-order valence-electron chi connectivity index (χ2n) is 46.1. The summed E-state index contributed by atoms with van der Waals surface area (Å²) in [6.45, 7) is 39.5. The van der Waals surface area contributed by atoms with Crippen molar-refractivity contribution in [2.24, 2.45) is 104 Å². The summed E-state index contributed by atoms with van der Waals surface area (Å²) in [6, 6.07) is 38.6. The van der Waals surface area contributed by atoms with E-state index in [1.807, 2.05) is 111 Å². The highest BCUT2D eigenvalue weighted by molar-refractivity contribution is 5.91. The molecule has 8 aliphatic carbocycles. The molecule has 6 fully saturated rings. The van der Waals surface area contributed by atoms with Crippen LogP contribution in [0.25, 0.3) is 23.3 Å². The molecular formula is C128H190N4O10. The number of allylic oxidation sites excluding steroid dienone is 5. The highest BCUT2D eigenvalue weighted by Gasteiger charge is 2.61. The Morgan fingerprint density at radius 1 is 0.458 bits per heavy atom. The molecule has 1 amide bonds. The van der Waals surface area contributed by atoms with Crippen LogP contribution in [0.5, 0.6) is 23.0 Å². The smallest absolute Gasteiger partial charge is 0.343 e. The molecule has 0 spiro atoms. The molecular weight excluding hydrogens is 1750 g/mol. The van der Waals surface area contributed by atoms with Crippen LogP contribution in [-0.4, -0.2) is 77.4 Å². The van der Waals surface area contributed by atoms with Crippen molar-refractivity contribution in [1.29, 1.82) is 10.5 Å². The molecule has 0 radical (unpaired) electrons. The Bertz CT molecular complexity index is 4870. The monoisotopic (exact) mass is 1940 g/mol. The SMILES string of the molecule is C.CC(C)CCC[C@@H](C)[C@H]1CC[C@H]2[C@@H]3CC=C4C[C@@H](C)CC[C@]4(C)[C@H]3CC[C@]12C.CCCCCCCCCCCCOc1cc(/C=C(\C#N)c2ccc(OCC(=O)N/N=C/c3ccc(C)cc3)cc2)ccc1C.CCCCCCCCCCCCOc1cc(/C=C(\C#N)c2ccc(OCC(=O)OC)cc2)ccc1C.COCC(=O)O[C@H]1CC[C@@]2(C)C(=CC[C@H]3[C@@H]4CC[C@H]([C@H](C)CCCC(C)C)[C@@]4(C)CC[C@@H]32)C1. The van der Waals surface area contributed by atoms with Crippen molar-refractivity contribution in [3.8, 4) is 35.1 Å². The molecule has 0 heterocycles. The lowest BCUT2D eigenvalue weighted by Gasteiger charge is -2.58. The molecule has 8 aliphatic rings. The number of methoxy groups -OCH3 is 2. The van der Waals surface area contributed by atoms with Gasteiger partial charge in [-0.1, -0.05) is 329 Å². The van der Waals surface area contributed by atoms with Crippen LogP contribution in [0.4, 0.5) is 0 Å². The second-order valence-corrected chi connectivity index (χ2v) is 46.1. The highest BCUT2D eigenvalue weighted by atomic mass is 16.6. The predicted octanol–water partition coefficient (Wildman–Crippen LogP) is 34.0. The van der Waals surface area contributed by atoms with E-state index < -0.39 is 5.97 Å². The first-order valence-corrected chi connectivity index (χ1v) is 56.2. The zero-order valence-electron chi connectivity index (χ0n) is 91.0. The average molecular weight is 1940 g/mol. The maximum absolute atomic E-state index is 12.1. The Morgan fingerprint density at radius 3 is 1.31 bits per heavy atom. The molecule has 0 saturated heterocycles. The number of ether oxygens (including phenoxy) is 7. The normalized spacial score (nSPS) is 25.1. The third-order valence-corrected chi connectivity index (χ3v) is 34.9. The Kier molecular flexibility index (Phi) is 49.2. The van der Waals surface area contributed by atoms with E-state index >= 15 is 0 Å². The van der Waals surface area contributed by atoms with Gasteiger partial charge in [0, 0.05) is 13.5 Å². The van der Waals surface area contributed by atoms with Gasteiger partial charge in [-0.2, -0.15) is 15.6 Å². The van der Waals surface area contributed by atoms with E-state index in [1.165, 1.54) is 251 Å². The number of benzene rings is 5. The molecule has 1 N–H and O–H groups in total. The Labute approximate surface area is 862 Å². The van der Waals surface area contributed by atoms with E-state index in [-0.39, 0.29) is 45.2 Å². The lowest BCUT2D eigenvalue weighted by molar-refractivity contribution is -0.155. The minimum Gasteiger partial charge on any atom is -0.493 e. The van der Waals surface area contributed by atoms with Crippen LogP contribution in [0.1, 0.15) is 412 Å². The largest absolute Gasteiger partial charge is 0.493 e. The number of nitrogens with zero attached hydrogens (tertiary/aromatic N) is 3. The van der Waals surface area contributed by atoms with Gasteiger partial charge in [-0.25, -0.2) is 15.0 Å². The number of fused-ring (bicyclic) bond motifs is 10. The standard InChI is InChI=1S/C38H47N3O3.C31H41NO4.C30H50O3.C28H48.CH4/c1-4-5-6-7-8-9-10-11-12-13-24-43-37-26-33(19-16-31(37)3)25-35(27-39)34-20-22-36(23-21-34)44-29-38(42)41-40-28-32-17-14-30(2)15-18-32;1-4-5-6-7-8-9-10-11-12-13-20-35-30-22-26(15-14-25(30)2)21-28(23-32)27-16-18-29(19-17-27)36-24-31(33)34-3;1-20(2)8-7-9-21(3)25-12-13-26-24-11-10-22-18-23(33-28(31)19-32-6)14-16-29(22,4)27(24)15-17-30(25,26)5;1-19(2)8-7-9-21(4)24-12-13-25-23-11-10-22-18-20(3)14-16-27(22,5)26(23)15-17-28(24,25)6;/h14-23,25-26,28H,4-13,24,29H2,1-3H3,(H,41,42);14-19,21-22H,4-13,20,24H2,1-3H3;10,20-21,23-27H,7-9,11-19H2,1-6H3;10,19-21,23-26H,7-9,11-18H2,1-6H3;1H4/b35-25+,40-28+;28-21+;;;/t;;21-,23+,24+,25-,26+,27+,29+,30-;20-,21+,23-,24+,25-,26-,27-,28+;/m..10./s1. The first kappa shape index (κ1) is 117. The Balaban J connectivity index is 0.000000213. The highest BCUT2D eigenvalue weighted by Crippen LogP contribution is 2.70. The molecule has 5 aromatic carbocycles. The summed E-state index contributed by atoms with van der Waals surface area (Å²) >= 11 is 0. The fourth-order valence-corrected chi connectivity index (χ4v) is 26.6. The molecule has 14 heteroatoms. The predicted molar refractivity (Wildman–Crippen MR) is 591 cm³/mol. The Hall–Kier alpha value is -8.72. The molecule has 0 aliphatic heterocycles. The summed E-state index contributed by atoms with van der Waals surface area (Å²) in [5, 5.41) is 23.5. The number of nitrogens with one attached hydrogen (secondary N) is 1. The van der Waals surface area contributed by atoms with Gasteiger partial charge in [0.05, 0.1) is 49.8 Å². The van der Waals surface area contributed by atoms with Crippen LogP contribution >= 0.6 is 0 Å². The summed E-state index contributed by atoms with van der Waals surface area (Å²) in [5.41, 5.74) is 16.6. The molecule has 16 atom stereocenters. The molecule has 142 heavy (non-hydrogen) atoms. The number of nitriles is 2. The van der Waals surface area contributed by atoms with Crippen molar-refractivity contribution < 1.29 is 47.5 Å². The maximum atomic E-state index is 12.1. The number of hydrogen-bond acceptors (Lipinski definition) is 13. The van der Waals surface area contributed by atoms with Crippen molar-refractivity contribution in [3.63, 3.8) is 0 Å². The van der Waals surface area contributed by atoms with Crippen LogP contribution in [-0.2, 0) is 28.6 Å². The summed E-state index contributed by atoms with van der Waals surface area (Å²) in [5.74, 6) is 13.7. The van der Waals surface area contributed by atoms with Gasteiger partial charge in [-0.3, -0.25) is 4.79 Å². The fourth-order valence-electron chi connectivity index (χ4n) is 26.6. The minimum absolute atomic E-state index is 0. The summed E-state index contributed by atoms with van der Waals surface area (Å²) < 4.78 is 38.4. The number of carbonyl (C=O) groups is 3. The van der Waals surface area contributed by atoms with Crippen LogP contribution < -0.4 is 24.4 Å². The van der Waals surface area contributed by atoms with E-state index in [4.69, 9.17) is 28.4 Å². The summed E-state index contributed by atoms with van der Waals surface area (Å²) in [7, 11) is 2.87. The van der Waals surface area contributed by atoms with Crippen molar-refractivity contribution >= 4 is 47.4 Å². The lowest BCUT2D eigenvalue weighted by Crippen LogP contribution is -2.51. The zero-order valence-corrected chi connectivity index (χ0v) is 91.0. The number of esters is 2. The topological polar surface area (TPSA) is 188 Å². The number of hydrogen-bond donors (Lipinski definition) is 1. The summed E-state index contributed by atoms with van der Waals surface area (Å²) in [6.07, 6.45) is 67.2. The van der Waals surface area contributed by atoms with E-state index in [0.717, 1.165) is 159 Å². The first-order valence-electron chi connectivity index (χ1n) is 56.2. The van der Waals surface area contributed by atoms with Crippen LogP contribution in [0.15, 0.2) is 138 Å². The molecule has 13 rings (SSSR count). The number of carbonyl (C=O) groups excluding carboxylic acids is 3. The minimum atomic E-state index is -0.442. The van der Waals surface area contributed by atoms with Gasteiger partial charge < -0.3 is 33.2 Å². The Morgan fingerprint density at radius 2 is 0.880 bits per heavy atom. The van der Waals surface area contributed by atoms with E-state index in [2.05, 4.69) is 130 Å². The van der Waals surface area contributed by atoms with Gasteiger partial charge in [0.25, 0.3) is 5.91 Å².